The highest BCUT2D eigenvalue weighted by Gasteiger charge is 2.44. The van der Waals surface area contributed by atoms with Crippen molar-refractivity contribution >= 4 is 23.1 Å². The lowest BCUT2D eigenvalue weighted by Crippen LogP contribution is -2.39. The van der Waals surface area contributed by atoms with Gasteiger partial charge >= 0.3 is 5.97 Å². The third kappa shape index (κ3) is 3.26. The molecule has 2 aromatic rings. The number of benzene rings is 2. The van der Waals surface area contributed by atoms with E-state index in [1.54, 1.807) is 18.2 Å². The summed E-state index contributed by atoms with van der Waals surface area (Å²) >= 11 is 0. The number of esters is 1. The van der Waals surface area contributed by atoms with E-state index in [0.717, 1.165) is 17.1 Å². The number of Topliss-reactive ketones (excluding diaryl/α,β-unsaturated/α-hetero) is 1. The van der Waals surface area contributed by atoms with Crippen LogP contribution in [0.4, 0.5) is 11.4 Å². The monoisotopic (exact) mass is 408 g/mol. The zero-order valence-corrected chi connectivity index (χ0v) is 17.1. The van der Waals surface area contributed by atoms with Gasteiger partial charge in [0, 0.05) is 11.3 Å². The Morgan fingerprint density at radius 2 is 1.87 bits per heavy atom. The van der Waals surface area contributed by atoms with Gasteiger partial charge in [0.2, 0.25) is 0 Å². The maximum Gasteiger partial charge on any atom is 0.316 e. The number of fused-ring (bicyclic) bond motifs is 1. The van der Waals surface area contributed by atoms with Gasteiger partial charge in [0.15, 0.2) is 17.3 Å². The Labute approximate surface area is 174 Å². The Bertz CT molecular complexity index is 1050. The first-order valence-electron chi connectivity index (χ1n) is 9.79. The largest absolute Gasteiger partial charge is 0.504 e. The number of allylic oxidation sites excluding steroid dienone is 1. The van der Waals surface area contributed by atoms with Crippen LogP contribution >= 0.6 is 0 Å². The van der Waals surface area contributed by atoms with E-state index in [1.807, 2.05) is 31.2 Å². The number of hydrogen-bond donors (Lipinski definition) is 3. The van der Waals surface area contributed by atoms with Crippen LogP contribution in [0.5, 0.6) is 11.5 Å². The van der Waals surface area contributed by atoms with Crippen LogP contribution in [0, 0.1) is 11.8 Å². The summed E-state index contributed by atoms with van der Waals surface area (Å²) in [7, 11) is 2.77. The normalized spacial score (nSPS) is 22.8. The number of ether oxygens (including phenoxy) is 2. The average molecular weight is 408 g/mol. The second kappa shape index (κ2) is 7.74. The van der Waals surface area contributed by atoms with Crippen molar-refractivity contribution in [3.05, 3.63) is 59.3 Å². The molecule has 0 amide bonds. The minimum absolute atomic E-state index is 0.0226. The van der Waals surface area contributed by atoms with Crippen LogP contribution < -0.4 is 15.4 Å². The maximum atomic E-state index is 13.5. The van der Waals surface area contributed by atoms with Gasteiger partial charge in [0.1, 0.15) is 5.92 Å². The molecular weight excluding hydrogens is 384 g/mol. The van der Waals surface area contributed by atoms with E-state index in [9.17, 15) is 14.7 Å². The molecule has 0 saturated heterocycles. The summed E-state index contributed by atoms with van der Waals surface area (Å²) in [5, 5.41) is 17.1. The molecule has 4 rings (SSSR count). The van der Waals surface area contributed by atoms with Crippen LogP contribution in [0.15, 0.2) is 53.7 Å². The highest BCUT2D eigenvalue weighted by molar-refractivity contribution is 6.11. The predicted octanol–water partition coefficient (Wildman–Crippen LogP) is 3.63. The van der Waals surface area contributed by atoms with Crippen molar-refractivity contribution in [1.82, 2.24) is 0 Å². The molecule has 2 aromatic carbocycles. The van der Waals surface area contributed by atoms with Crippen molar-refractivity contribution in [1.29, 1.82) is 0 Å². The summed E-state index contributed by atoms with van der Waals surface area (Å²) in [6.45, 7) is 1.88. The molecule has 3 N–H and O–H groups in total. The number of rotatable bonds is 3. The first-order valence-corrected chi connectivity index (χ1v) is 9.79. The average Bonchev–Trinajstić information content (AvgIpc) is 2.90. The van der Waals surface area contributed by atoms with Gasteiger partial charge in [-0.1, -0.05) is 25.1 Å². The molecule has 2 aliphatic rings. The van der Waals surface area contributed by atoms with Crippen molar-refractivity contribution < 1.29 is 24.2 Å². The Hall–Kier alpha value is -3.48. The molecule has 1 aliphatic carbocycles. The van der Waals surface area contributed by atoms with Crippen molar-refractivity contribution in [3.8, 4) is 11.5 Å². The first-order chi connectivity index (χ1) is 14.4. The smallest absolute Gasteiger partial charge is 0.316 e. The number of hydrogen-bond acceptors (Lipinski definition) is 7. The fourth-order valence-electron chi connectivity index (χ4n) is 4.27. The fraction of sp³-hybridized carbons (Fsp3) is 0.304. The number of phenols is 1. The van der Waals surface area contributed by atoms with Crippen molar-refractivity contribution in [2.45, 2.75) is 19.4 Å². The van der Waals surface area contributed by atoms with Gasteiger partial charge in [-0.2, -0.15) is 0 Å². The highest BCUT2D eigenvalue weighted by Crippen LogP contribution is 2.44. The molecule has 0 saturated carbocycles. The molecule has 156 valence electrons. The van der Waals surface area contributed by atoms with E-state index in [0.29, 0.717) is 23.3 Å². The Kier molecular flexibility index (Phi) is 5.11. The van der Waals surface area contributed by atoms with E-state index >= 15 is 0 Å². The summed E-state index contributed by atoms with van der Waals surface area (Å²) in [6, 6.07) is 12.2. The Balaban J connectivity index is 1.87. The lowest BCUT2D eigenvalue weighted by molar-refractivity contribution is -0.151. The van der Waals surface area contributed by atoms with Crippen molar-refractivity contribution in [3.63, 3.8) is 0 Å². The number of carbonyl (C=O) groups excluding carboxylic acids is 2. The lowest BCUT2D eigenvalue weighted by atomic mass is 9.75. The lowest BCUT2D eigenvalue weighted by Gasteiger charge is -2.32. The van der Waals surface area contributed by atoms with E-state index in [-0.39, 0.29) is 17.5 Å². The quantitative estimate of drug-likeness (QED) is 0.527. The number of phenolic OH excluding ortho intramolecular Hbond substituents is 1. The van der Waals surface area contributed by atoms with Crippen LogP contribution in [-0.4, -0.2) is 31.1 Å². The number of anilines is 2. The van der Waals surface area contributed by atoms with Crippen molar-refractivity contribution in [2.75, 3.05) is 24.9 Å². The Morgan fingerprint density at radius 1 is 1.13 bits per heavy atom. The molecular formula is C23H24N2O5. The van der Waals surface area contributed by atoms with Crippen LogP contribution in [0.25, 0.3) is 0 Å². The predicted molar refractivity (Wildman–Crippen MR) is 112 cm³/mol. The molecule has 0 radical (unpaired) electrons. The van der Waals surface area contributed by atoms with E-state index in [1.165, 1.54) is 14.2 Å². The standard InChI is InChI=1S/C23H24N2O5/c1-12-10-16-20(22(27)19(12)23(28)30-3)21(13-8-9-18(29-2)17(26)11-13)25-15-7-5-4-6-14(15)24-16/h4-9,11-12,19,21,24-26H,10H2,1-3H3/t12-,19+,21-/m1/s1. The molecule has 30 heavy (non-hydrogen) atoms. The van der Waals surface area contributed by atoms with Gasteiger partial charge in [-0.3, -0.25) is 9.59 Å². The van der Waals surface area contributed by atoms with Gasteiger partial charge in [-0.25, -0.2) is 0 Å². The zero-order chi connectivity index (χ0) is 21.4. The van der Waals surface area contributed by atoms with Crippen molar-refractivity contribution in [2.24, 2.45) is 11.8 Å². The second-order valence-electron chi connectivity index (χ2n) is 7.62. The molecule has 0 spiro atoms. The molecule has 0 unspecified atom stereocenters. The molecule has 0 fully saturated rings. The summed E-state index contributed by atoms with van der Waals surface area (Å²) in [5.74, 6) is -1.55. The number of methoxy groups -OCH3 is 2. The Morgan fingerprint density at radius 3 is 2.53 bits per heavy atom. The summed E-state index contributed by atoms with van der Waals surface area (Å²) < 4.78 is 10.1. The number of ketones is 1. The molecule has 3 atom stereocenters. The topological polar surface area (TPSA) is 96.9 Å². The molecule has 0 aromatic heterocycles. The van der Waals surface area contributed by atoms with E-state index in [4.69, 9.17) is 9.47 Å². The number of carbonyl (C=O) groups is 2. The maximum absolute atomic E-state index is 13.5. The minimum atomic E-state index is -0.868. The van der Waals surface area contributed by atoms with Gasteiger partial charge in [-0.15, -0.1) is 0 Å². The van der Waals surface area contributed by atoms with Crippen LogP contribution in [0.3, 0.4) is 0 Å². The van der Waals surface area contributed by atoms with Gasteiger partial charge in [-0.05, 0) is 42.2 Å². The molecule has 1 heterocycles. The van der Waals surface area contributed by atoms with Gasteiger partial charge in [0.05, 0.1) is 31.6 Å². The van der Waals surface area contributed by atoms with E-state index in [2.05, 4.69) is 10.6 Å². The fourth-order valence-corrected chi connectivity index (χ4v) is 4.27. The molecule has 1 aliphatic heterocycles. The summed E-state index contributed by atoms with van der Waals surface area (Å²) in [5.41, 5.74) is 3.60. The van der Waals surface area contributed by atoms with Crippen LogP contribution in [0.1, 0.15) is 24.9 Å². The van der Waals surface area contributed by atoms with Gasteiger partial charge in [0.25, 0.3) is 0 Å². The van der Waals surface area contributed by atoms with Crippen LogP contribution in [-0.2, 0) is 14.3 Å². The third-order valence-corrected chi connectivity index (χ3v) is 5.76. The van der Waals surface area contributed by atoms with Gasteiger partial charge < -0.3 is 25.2 Å². The summed E-state index contributed by atoms with van der Waals surface area (Å²) in [4.78, 5) is 25.9. The second-order valence-corrected chi connectivity index (χ2v) is 7.62. The molecule has 7 heteroatoms. The zero-order valence-electron chi connectivity index (χ0n) is 17.1. The number of para-hydroxylation sites is 2. The minimum Gasteiger partial charge on any atom is -0.504 e. The molecule has 0 bridgehead atoms. The van der Waals surface area contributed by atoms with E-state index < -0.39 is 17.9 Å². The summed E-state index contributed by atoms with van der Waals surface area (Å²) in [6.07, 6.45) is 0.523. The van der Waals surface area contributed by atoms with Crippen LogP contribution in [0.2, 0.25) is 0 Å². The number of aromatic hydroxyl groups is 1. The highest BCUT2D eigenvalue weighted by atomic mass is 16.5. The first kappa shape index (κ1) is 19.8. The third-order valence-electron chi connectivity index (χ3n) is 5.76. The molecule has 7 nitrogen and oxygen atoms in total. The number of nitrogens with one attached hydrogen (secondary N) is 2. The SMILES string of the molecule is COC(=O)[C@@H]1C(=O)C2=C(C[C@H]1C)Nc1ccccc1N[C@@H]2c1ccc(OC)c(O)c1.